The molecule has 2 heterocycles. The van der Waals surface area contributed by atoms with E-state index in [9.17, 15) is 4.79 Å². The fourth-order valence-corrected chi connectivity index (χ4v) is 3.98. The molecule has 6 nitrogen and oxygen atoms in total. The lowest BCUT2D eigenvalue weighted by Crippen LogP contribution is -2.31. The van der Waals surface area contributed by atoms with Crippen LogP contribution in [-0.2, 0) is 4.79 Å². The number of hydrogen-bond donors (Lipinski definition) is 2. The third kappa shape index (κ3) is 3.57. The van der Waals surface area contributed by atoms with Crippen LogP contribution in [0.4, 0.5) is 11.6 Å². The summed E-state index contributed by atoms with van der Waals surface area (Å²) < 4.78 is 2.72. The van der Waals surface area contributed by atoms with Gasteiger partial charge < -0.3 is 10.6 Å². The molecule has 0 fully saturated rings. The second kappa shape index (κ2) is 7.81. The Labute approximate surface area is 175 Å². The number of para-hydroxylation sites is 1. The number of anilines is 2. The summed E-state index contributed by atoms with van der Waals surface area (Å²) in [4.78, 5) is 17.8. The molecular formula is C20H18BrN5OS. The first-order valence-electron chi connectivity index (χ1n) is 8.67. The van der Waals surface area contributed by atoms with Gasteiger partial charge in [-0.15, -0.1) is 5.10 Å². The Balaban J connectivity index is 1.81. The predicted octanol–water partition coefficient (Wildman–Crippen LogP) is 4.69. The maximum atomic E-state index is 13.2. The summed E-state index contributed by atoms with van der Waals surface area (Å²) in [7, 11) is 0. The fourth-order valence-electron chi connectivity index (χ4n) is 3.22. The normalized spacial score (nSPS) is 15.8. The number of thioether (sulfide) groups is 1. The van der Waals surface area contributed by atoms with Gasteiger partial charge in [-0.1, -0.05) is 58.0 Å². The average Bonchev–Trinajstić information content (AvgIpc) is 3.10. The number of aromatic nitrogens is 3. The zero-order chi connectivity index (χ0) is 19.7. The SMILES string of the molecule is CSc1nc2n(n1)C(c1cccc(Br)c1)C(C(=O)Nc1ccccc1)=C(C)N2. The first-order valence-corrected chi connectivity index (χ1v) is 10.7. The highest BCUT2D eigenvalue weighted by Crippen LogP contribution is 2.37. The number of rotatable bonds is 4. The van der Waals surface area contributed by atoms with E-state index >= 15 is 0 Å². The minimum Gasteiger partial charge on any atom is -0.328 e. The third-order valence-electron chi connectivity index (χ3n) is 4.46. The van der Waals surface area contributed by atoms with Gasteiger partial charge in [-0.2, -0.15) is 4.98 Å². The number of halogens is 1. The lowest BCUT2D eigenvalue weighted by atomic mass is 9.95. The Bertz CT molecular complexity index is 1060. The van der Waals surface area contributed by atoms with E-state index in [-0.39, 0.29) is 11.9 Å². The highest BCUT2D eigenvalue weighted by Gasteiger charge is 2.34. The van der Waals surface area contributed by atoms with Crippen LogP contribution >= 0.6 is 27.7 Å². The molecule has 2 aromatic carbocycles. The molecule has 0 saturated heterocycles. The second-order valence-electron chi connectivity index (χ2n) is 6.31. The lowest BCUT2D eigenvalue weighted by molar-refractivity contribution is -0.113. The second-order valence-corrected chi connectivity index (χ2v) is 8.00. The molecule has 1 aliphatic rings. The van der Waals surface area contributed by atoms with Gasteiger partial charge in [0.25, 0.3) is 5.91 Å². The molecule has 28 heavy (non-hydrogen) atoms. The summed E-state index contributed by atoms with van der Waals surface area (Å²) in [5, 5.41) is 11.5. The largest absolute Gasteiger partial charge is 0.328 e. The first-order chi connectivity index (χ1) is 13.6. The highest BCUT2D eigenvalue weighted by molar-refractivity contribution is 9.10. The van der Waals surface area contributed by atoms with Crippen LogP contribution in [0.25, 0.3) is 0 Å². The van der Waals surface area contributed by atoms with Crippen molar-refractivity contribution in [2.75, 3.05) is 16.9 Å². The van der Waals surface area contributed by atoms with Crippen LogP contribution in [0, 0.1) is 0 Å². The van der Waals surface area contributed by atoms with Crippen LogP contribution in [0.15, 0.2) is 75.5 Å². The molecule has 1 unspecified atom stereocenters. The maximum Gasteiger partial charge on any atom is 0.255 e. The van der Waals surface area contributed by atoms with Gasteiger partial charge in [0.05, 0.1) is 5.57 Å². The quantitative estimate of drug-likeness (QED) is 0.558. The Morgan fingerprint density at radius 1 is 1.21 bits per heavy atom. The van der Waals surface area contributed by atoms with Gasteiger partial charge in [-0.3, -0.25) is 4.79 Å². The van der Waals surface area contributed by atoms with Crippen LogP contribution < -0.4 is 10.6 Å². The van der Waals surface area contributed by atoms with Crippen molar-refractivity contribution < 1.29 is 4.79 Å². The van der Waals surface area contributed by atoms with E-state index in [4.69, 9.17) is 0 Å². The zero-order valence-electron chi connectivity index (χ0n) is 15.3. The Hall–Kier alpha value is -2.58. The fraction of sp³-hybridized carbons (Fsp3) is 0.150. The number of allylic oxidation sites excluding steroid dienone is 1. The van der Waals surface area contributed by atoms with E-state index < -0.39 is 0 Å². The summed E-state index contributed by atoms with van der Waals surface area (Å²) in [5.41, 5.74) is 3.06. The lowest BCUT2D eigenvalue weighted by Gasteiger charge is -2.28. The predicted molar refractivity (Wildman–Crippen MR) is 115 cm³/mol. The number of fused-ring (bicyclic) bond motifs is 1. The van der Waals surface area contributed by atoms with E-state index in [1.165, 1.54) is 11.8 Å². The van der Waals surface area contributed by atoms with Crippen molar-refractivity contribution in [1.29, 1.82) is 0 Å². The van der Waals surface area contributed by atoms with Crippen molar-refractivity contribution in [3.63, 3.8) is 0 Å². The van der Waals surface area contributed by atoms with Gasteiger partial charge in [0, 0.05) is 15.9 Å². The summed E-state index contributed by atoms with van der Waals surface area (Å²) in [6, 6.07) is 17.0. The van der Waals surface area contributed by atoms with Crippen LogP contribution in [-0.4, -0.2) is 26.9 Å². The molecule has 0 saturated carbocycles. The molecule has 0 aliphatic carbocycles. The summed E-state index contributed by atoms with van der Waals surface area (Å²) in [5.74, 6) is 0.455. The number of carbonyl (C=O) groups excluding carboxylic acids is 1. The van der Waals surface area contributed by atoms with E-state index in [1.807, 2.05) is 67.8 Å². The van der Waals surface area contributed by atoms with E-state index in [0.717, 1.165) is 21.4 Å². The zero-order valence-corrected chi connectivity index (χ0v) is 17.7. The van der Waals surface area contributed by atoms with Crippen molar-refractivity contribution in [3.05, 3.63) is 75.9 Å². The topological polar surface area (TPSA) is 71.8 Å². The van der Waals surface area contributed by atoms with Crippen molar-refractivity contribution in [1.82, 2.24) is 14.8 Å². The van der Waals surface area contributed by atoms with Gasteiger partial charge in [0.15, 0.2) is 0 Å². The number of amides is 1. The average molecular weight is 456 g/mol. The molecule has 2 N–H and O–H groups in total. The van der Waals surface area contributed by atoms with Gasteiger partial charge in [0.1, 0.15) is 6.04 Å². The van der Waals surface area contributed by atoms with Crippen LogP contribution in [0.2, 0.25) is 0 Å². The van der Waals surface area contributed by atoms with Gasteiger partial charge in [-0.05, 0) is 43.0 Å². The number of nitrogens with one attached hydrogen (secondary N) is 2. The first kappa shape index (κ1) is 18.8. The molecule has 142 valence electrons. The molecule has 1 amide bonds. The molecule has 3 aromatic rings. The Kier molecular flexibility index (Phi) is 5.23. The summed E-state index contributed by atoms with van der Waals surface area (Å²) in [6.45, 7) is 1.89. The summed E-state index contributed by atoms with van der Waals surface area (Å²) >= 11 is 5.00. The molecule has 1 aromatic heterocycles. The van der Waals surface area contributed by atoms with Crippen molar-refractivity contribution in [2.45, 2.75) is 18.1 Å². The Morgan fingerprint density at radius 2 is 2.00 bits per heavy atom. The smallest absolute Gasteiger partial charge is 0.255 e. The van der Waals surface area contributed by atoms with Gasteiger partial charge in [0.2, 0.25) is 11.1 Å². The van der Waals surface area contributed by atoms with Gasteiger partial charge in [-0.25, -0.2) is 4.68 Å². The minimum absolute atomic E-state index is 0.173. The number of carbonyl (C=O) groups is 1. The molecule has 1 aliphatic heterocycles. The molecule has 1 atom stereocenters. The standard InChI is InChI=1S/C20H18BrN5OS/c1-12-16(18(27)23-15-9-4-3-5-10-15)17(13-7-6-8-14(21)11-13)26-19(22-12)24-20(25-26)28-2/h3-11,17H,1-2H3,(H,23,27)(H,22,24,25). The minimum atomic E-state index is -0.383. The van der Waals surface area contributed by atoms with E-state index in [2.05, 4.69) is 36.6 Å². The van der Waals surface area contributed by atoms with E-state index in [1.54, 1.807) is 4.68 Å². The summed E-state index contributed by atoms with van der Waals surface area (Å²) in [6.07, 6.45) is 1.93. The molecule has 4 rings (SSSR count). The van der Waals surface area contributed by atoms with Crippen molar-refractivity contribution in [2.24, 2.45) is 0 Å². The molecule has 0 radical (unpaired) electrons. The monoisotopic (exact) mass is 455 g/mol. The van der Waals surface area contributed by atoms with Crippen LogP contribution in [0.3, 0.4) is 0 Å². The van der Waals surface area contributed by atoms with Gasteiger partial charge >= 0.3 is 0 Å². The number of benzene rings is 2. The highest BCUT2D eigenvalue weighted by atomic mass is 79.9. The van der Waals surface area contributed by atoms with Crippen molar-refractivity contribution >= 4 is 45.2 Å². The van der Waals surface area contributed by atoms with E-state index in [0.29, 0.717) is 16.7 Å². The molecule has 8 heteroatoms. The number of nitrogens with zero attached hydrogens (tertiary/aromatic N) is 3. The molecule has 0 spiro atoms. The van der Waals surface area contributed by atoms with Crippen molar-refractivity contribution in [3.8, 4) is 0 Å². The third-order valence-corrected chi connectivity index (χ3v) is 5.49. The maximum absolute atomic E-state index is 13.2. The molecular weight excluding hydrogens is 438 g/mol. The van der Waals surface area contributed by atoms with Crippen LogP contribution in [0.1, 0.15) is 18.5 Å². The number of hydrogen-bond acceptors (Lipinski definition) is 5. The molecule has 0 bridgehead atoms. The Morgan fingerprint density at radius 3 is 2.71 bits per heavy atom. The van der Waals surface area contributed by atoms with Crippen LogP contribution in [0.5, 0.6) is 0 Å².